The Morgan fingerprint density at radius 1 is 1.27 bits per heavy atom. The third kappa shape index (κ3) is 7.06. The predicted octanol–water partition coefficient (Wildman–Crippen LogP) is 4.14. The van der Waals surface area contributed by atoms with E-state index in [0.717, 1.165) is 19.0 Å². The molecule has 26 heavy (non-hydrogen) atoms. The van der Waals surface area contributed by atoms with Crippen LogP contribution < -0.4 is 10.6 Å². The molecule has 2 N–H and O–H groups in total. The first-order chi connectivity index (χ1) is 12.1. The number of nitrogens with zero attached hydrogens (tertiary/aromatic N) is 2. The third-order valence-electron chi connectivity index (χ3n) is 5.31. The molecule has 1 fully saturated rings. The second kappa shape index (κ2) is 11.8. The van der Waals surface area contributed by atoms with E-state index in [1.807, 2.05) is 7.05 Å². The molecular weight excluding hydrogens is 435 g/mol. The second-order valence-corrected chi connectivity index (χ2v) is 7.24. The molecule has 3 atom stereocenters. The first-order valence-electron chi connectivity index (χ1n) is 9.86. The van der Waals surface area contributed by atoms with Crippen molar-refractivity contribution in [2.24, 2.45) is 4.99 Å². The van der Waals surface area contributed by atoms with E-state index in [1.54, 1.807) is 0 Å². The predicted molar refractivity (Wildman–Crippen MR) is 124 cm³/mol. The molecule has 5 heteroatoms. The van der Waals surface area contributed by atoms with Gasteiger partial charge in [-0.1, -0.05) is 38.1 Å². The van der Waals surface area contributed by atoms with Gasteiger partial charge in [0.25, 0.3) is 0 Å². The van der Waals surface area contributed by atoms with E-state index in [1.165, 1.54) is 36.9 Å². The van der Waals surface area contributed by atoms with E-state index in [-0.39, 0.29) is 24.0 Å². The molecule has 0 amide bonds. The number of nitrogens with one attached hydrogen (secondary N) is 2. The minimum atomic E-state index is 0. The van der Waals surface area contributed by atoms with E-state index in [2.05, 4.69) is 72.5 Å². The van der Waals surface area contributed by atoms with Gasteiger partial charge in [0.1, 0.15) is 0 Å². The summed E-state index contributed by atoms with van der Waals surface area (Å²) in [6, 6.07) is 9.67. The van der Waals surface area contributed by atoms with Crippen molar-refractivity contribution in [2.75, 3.05) is 26.7 Å². The van der Waals surface area contributed by atoms with Crippen molar-refractivity contribution in [2.45, 2.75) is 65.0 Å². The van der Waals surface area contributed by atoms with E-state index in [4.69, 9.17) is 0 Å². The number of halogens is 1. The molecule has 1 aliphatic rings. The molecular formula is C21H37IN4. The van der Waals surface area contributed by atoms with Gasteiger partial charge in [0.05, 0.1) is 0 Å². The SMILES string of the molecule is CCN(CC)CCCC(C)NC(=NC)NC1CC1c1ccccc1C.I. The summed E-state index contributed by atoms with van der Waals surface area (Å²) in [7, 11) is 1.86. The van der Waals surface area contributed by atoms with Crippen LogP contribution in [-0.2, 0) is 0 Å². The van der Waals surface area contributed by atoms with Gasteiger partial charge in [-0.15, -0.1) is 24.0 Å². The molecule has 3 unspecified atom stereocenters. The second-order valence-electron chi connectivity index (χ2n) is 7.24. The molecule has 0 aromatic heterocycles. The quantitative estimate of drug-likeness (QED) is 0.322. The van der Waals surface area contributed by atoms with Gasteiger partial charge in [-0.05, 0) is 63.9 Å². The van der Waals surface area contributed by atoms with Gasteiger partial charge in [-0.2, -0.15) is 0 Å². The van der Waals surface area contributed by atoms with Crippen LogP contribution in [-0.4, -0.2) is 49.6 Å². The maximum absolute atomic E-state index is 4.42. The van der Waals surface area contributed by atoms with Crippen LogP contribution in [0.4, 0.5) is 0 Å². The maximum Gasteiger partial charge on any atom is 0.191 e. The minimum Gasteiger partial charge on any atom is -0.354 e. The molecule has 1 saturated carbocycles. The Kier molecular flexibility index (Phi) is 10.5. The molecule has 148 valence electrons. The van der Waals surface area contributed by atoms with Crippen LogP contribution in [0.1, 0.15) is 57.1 Å². The summed E-state index contributed by atoms with van der Waals surface area (Å²) < 4.78 is 0. The van der Waals surface area contributed by atoms with E-state index in [9.17, 15) is 0 Å². The Morgan fingerprint density at radius 3 is 2.58 bits per heavy atom. The van der Waals surface area contributed by atoms with Gasteiger partial charge in [0, 0.05) is 25.0 Å². The van der Waals surface area contributed by atoms with Crippen molar-refractivity contribution < 1.29 is 0 Å². The molecule has 0 bridgehead atoms. The number of hydrogen-bond acceptors (Lipinski definition) is 2. The highest BCUT2D eigenvalue weighted by atomic mass is 127. The zero-order valence-electron chi connectivity index (χ0n) is 17.1. The van der Waals surface area contributed by atoms with Gasteiger partial charge >= 0.3 is 0 Å². The average molecular weight is 472 g/mol. The van der Waals surface area contributed by atoms with E-state index in [0.29, 0.717) is 18.0 Å². The topological polar surface area (TPSA) is 39.7 Å². The van der Waals surface area contributed by atoms with Crippen molar-refractivity contribution in [1.82, 2.24) is 15.5 Å². The van der Waals surface area contributed by atoms with Crippen LogP contribution in [0.5, 0.6) is 0 Å². The van der Waals surface area contributed by atoms with Gasteiger partial charge in [-0.3, -0.25) is 4.99 Å². The van der Waals surface area contributed by atoms with Crippen LogP contribution in [0.3, 0.4) is 0 Å². The molecule has 2 rings (SSSR count). The van der Waals surface area contributed by atoms with Crippen molar-refractivity contribution in [3.05, 3.63) is 35.4 Å². The van der Waals surface area contributed by atoms with Crippen LogP contribution >= 0.6 is 24.0 Å². The molecule has 1 aliphatic carbocycles. The molecule has 0 spiro atoms. The smallest absolute Gasteiger partial charge is 0.191 e. The molecule has 1 aromatic carbocycles. The normalized spacial score (nSPS) is 20.5. The summed E-state index contributed by atoms with van der Waals surface area (Å²) in [5, 5.41) is 7.15. The number of benzene rings is 1. The largest absolute Gasteiger partial charge is 0.354 e. The van der Waals surface area contributed by atoms with Crippen molar-refractivity contribution in [1.29, 1.82) is 0 Å². The molecule has 4 nitrogen and oxygen atoms in total. The Morgan fingerprint density at radius 2 is 1.96 bits per heavy atom. The van der Waals surface area contributed by atoms with E-state index >= 15 is 0 Å². The number of aliphatic imine (C=N–C) groups is 1. The average Bonchev–Trinajstić information content (AvgIpc) is 3.37. The van der Waals surface area contributed by atoms with Gasteiger partial charge in [0.15, 0.2) is 5.96 Å². The first-order valence-corrected chi connectivity index (χ1v) is 9.86. The summed E-state index contributed by atoms with van der Waals surface area (Å²) >= 11 is 0. The van der Waals surface area contributed by atoms with Gasteiger partial charge in [0.2, 0.25) is 0 Å². The summed E-state index contributed by atoms with van der Waals surface area (Å²) in [6.45, 7) is 12.4. The highest BCUT2D eigenvalue weighted by molar-refractivity contribution is 14.0. The Hall–Kier alpha value is -0.820. The van der Waals surface area contributed by atoms with Crippen molar-refractivity contribution >= 4 is 29.9 Å². The number of guanidine groups is 1. The van der Waals surface area contributed by atoms with Crippen LogP contribution in [0.2, 0.25) is 0 Å². The van der Waals surface area contributed by atoms with Crippen molar-refractivity contribution in [3.63, 3.8) is 0 Å². The Labute approximate surface area is 177 Å². The van der Waals surface area contributed by atoms with Crippen LogP contribution in [0, 0.1) is 6.92 Å². The number of hydrogen-bond donors (Lipinski definition) is 2. The van der Waals surface area contributed by atoms with Gasteiger partial charge < -0.3 is 15.5 Å². The molecule has 0 saturated heterocycles. The molecule has 0 heterocycles. The lowest BCUT2D eigenvalue weighted by molar-refractivity contribution is 0.292. The summed E-state index contributed by atoms with van der Waals surface area (Å²) in [4.78, 5) is 6.90. The fourth-order valence-electron chi connectivity index (χ4n) is 3.51. The van der Waals surface area contributed by atoms with Crippen LogP contribution in [0.15, 0.2) is 29.3 Å². The lowest BCUT2D eigenvalue weighted by Crippen LogP contribution is -2.43. The lowest BCUT2D eigenvalue weighted by Gasteiger charge is -2.21. The third-order valence-corrected chi connectivity index (χ3v) is 5.31. The Bertz CT molecular complexity index is 557. The molecule has 0 aliphatic heterocycles. The zero-order valence-corrected chi connectivity index (χ0v) is 19.4. The number of aryl methyl sites for hydroxylation is 1. The fourth-order valence-corrected chi connectivity index (χ4v) is 3.51. The van der Waals surface area contributed by atoms with Crippen molar-refractivity contribution in [3.8, 4) is 0 Å². The maximum atomic E-state index is 4.42. The standard InChI is InChI=1S/C21H36N4.HI/c1-6-25(7-2)14-10-12-17(4)23-21(22-5)24-20-15-19(20)18-13-9-8-11-16(18)3;/h8-9,11,13,17,19-20H,6-7,10,12,14-15H2,1-5H3,(H2,22,23,24);1H. The summed E-state index contributed by atoms with van der Waals surface area (Å²) in [5.74, 6) is 1.56. The number of rotatable bonds is 9. The monoisotopic (exact) mass is 472 g/mol. The highest BCUT2D eigenvalue weighted by Gasteiger charge is 2.39. The summed E-state index contributed by atoms with van der Waals surface area (Å²) in [6.07, 6.45) is 3.59. The first kappa shape index (κ1) is 23.2. The highest BCUT2D eigenvalue weighted by Crippen LogP contribution is 2.41. The van der Waals surface area contributed by atoms with Gasteiger partial charge in [-0.25, -0.2) is 0 Å². The summed E-state index contributed by atoms with van der Waals surface area (Å²) in [5.41, 5.74) is 2.87. The molecule has 0 radical (unpaired) electrons. The van der Waals surface area contributed by atoms with Crippen LogP contribution in [0.25, 0.3) is 0 Å². The fraction of sp³-hybridized carbons (Fsp3) is 0.667. The Balaban J connectivity index is 0.00000338. The lowest BCUT2D eigenvalue weighted by atomic mass is 10.0. The molecule has 1 aromatic rings. The zero-order chi connectivity index (χ0) is 18.2. The van der Waals surface area contributed by atoms with E-state index < -0.39 is 0 Å². The minimum absolute atomic E-state index is 0.